The maximum Gasteiger partial charge on any atom is 0.304 e. The van der Waals surface area contributed by atoms with Crippen LogP contribution in [0, 0.1) is 0 Å². The van der Waals surface area contributed by atoms with Crippen molar-refractivity contribution in [2.75, 3.05) is 13.6 Å². The highest BCUT2D eigenvalue weighted by molar-refractivity contribution is 5.66. The average Bonchev–Trinajstić information content (AvgIpc) is 2.73. The van der Waals surface area contributed by atoms with E-state index in [1.54, 1.807) is 0 Å². The molecule has 17 heavy (non-hydrogen) atoms. The van der Waals surface area contributed by atoms with Crippen LogP contribution in [0.1, 0.15) is 38.4 Å². The minimum absolute atomic E-state index is 0.169. The Morgan fingerprint density at radius 1 is 1.65 bits per heavy atom. The van der Waals surface area contributed by atoms with E-state index in [9.17, 15) is 4.79 Å². The van der Waals surface area contributed by atoms with Gasteiger partial charge in [-0.3, -0.25) is 14.4 Å². The van der Waals surface area contributed by atoms with E-state index in [1.165, 1.54) is 0 Å². The second kappa shape index (κ2) is 6.39. The maximum absolute atomic E-state index is 10.4. The van der Waals surface area contributed by atoms with Gasteiger partial charge in [0.05, 0.1) is 12.1 Å². The van der Waals surface area contributed by atoms with Gasteiger partial charge in [0.15, 0.2) is 0 Å². The summed E-state index contributed by atoms with van der Waals surface area (Å²) in [7, 11) is 1.91. The van der Waals surface area contributed by atoms with E-state index < -0.39 is 5.97 Å². The smallest absolute Gasteiger partial charge is 0.304 e. The summed E-state index contributed by atoms with van der Waals surface area (Å²) in [5.74, 6) is -0.762. The minimum Gasteiger partial charge on any atom is -0.481 e. The minimum atomic E-state index is -0.762. The largest absolute Gasteiger partial charge is 0.481 e. The zero-order valence-corrected chi connectivity index (χ0v) is 10.8. The van der Waals surface area contributed by atoms with Crippen LogP contribution in [0.3, 0.4) is 0 Å². The Morgan fingerprint density at radius 2 is 2.35 bits per heavy atom. The lowest BCUT2D eigenvalue weighted by Gasteiger charge is -2.13. The van der Waals surface area contributed by atoms with Crippen molar-refractivity contribution in [2.24, 2.45) is 0 Å². The van der Waals surface area contributed by atoms with Crippen molar-refractivity contribution in [3.63, 3.8) is 0 Å². The molecular formula is C12H21N3O2. The molecule has 1 atom stereocenters. The standard InChI is InChI=1S/C12H21N3O2/c1-4-10(2)15-8-5-11(13-15)9-14(3)7-6-12(16)17/h5,8,10H,4,6-7,9H2,1-3H3,(H,16,17). The summed E-state index contributed by atoms with van der Waals surface area (Å²) in [6, 6.07) is 2.40. The van der Waals surface area contributed by atoms with Crippen LogP contribution in [0.4, 0.5) is 0 Å². The zero-order chi connectivity index (χ0) is 12.8. The topological polar surface area (TPSA) is 58.4 Å². The fourth-order valence-corrected chi connectivity index (χ4v) is 1.54. The first-order valence-electron chi connectivity index (χ1n) is 5.97. The van der Waals surface area contributed by atoms with Crippen molar-refractivity contribution < 1.29 is 9.90 Å². The summed E-state index contributed by atoms with van der Waals surface area (Å²) in [5, 5.41) is 13.1. The van der Waals surface area contributed by atoms with Crippen LogP contribution in [-0.2, 0) is 11.3 Å². The van der Waals surface area contributed by atoms with Gasteiger partial charge in [-0.2, -0.15) is 5.10 Å². The second-order valence-corrected chi connectivity index (χ2v) is 4.43. The molecule has 0 aliphatic rings. The predicted molar refractivity (Wildman–Crippen MR) is 65.8 cm³/mol. The molecule has 1 aromatic heterocycles. The molecule has 1 N–H and O–H groups in total. The van der Waals surface area contributed by atoms with Crippen LogP contribution < -0.4 is 0 Å². The number of carboxylic acid groups (broad SMARTS) is 1. The van der Waals surface area contributed by atoms with Gasteiger partial charge in [-0.1, -0.05) is 6.92 Å². The number of carboxylic acids is 1. The second-order valence-electron chi connectivity index (χ2n) is 4.43. The van der Waals surface area contributed by atoms with Gasteiger partial charge in [0.2, 0.25) is 0 Å². The van der Waals surface area contributed by atoms with E-state index in [2.05, 4.69) is 18.9 Å². The Balaban J connectivity index is 2.45. The number of nitrogens with zero attached hydrogens (tertiary/aromatic N) is 3. The van der Waals surface area contributed by atoms with Gasteiger partial charge >= 0.3 is 5.97 Å². The summed E-state index contributed by atoms with van der Waals surface area (Å²) in [6.07, 6.45) is 3.20. The molecule has 0 radical (unpaired) electrons. The molecule has 1 heterocycles. The van der Waals surface area contributed by atoms with E-state index in [-0.39, 0.29) is 6.42 Å². The molecule has 5 heteroatoms. The Kier molecular flexibility index (Phi) is 5.15. The fourth-order valence-electron chi connectivity index (χ4n) is 1.54. The molecule has 1 unspecified atom stereocenters. The third-order valence-corrected chi connectivity index (χ3v) is 2.85. The summed E-state index contributed by atoms with van der Waals surface area (Å²) in [5.41, 5.74) is 0.984. The highest BCUT2D eigenvalue weighted by atomic mass is 16.4. The summed E-state index contributed by atoms with van der Waals surface area (Å²) < 4.78 is 1.96. The number of aromatic nitrogens is 2. The molecule has 1 aromatic rings. The first-order chi connectivity index (χ1) is 8.02. The number of aliphatic carboxylic acids is 1. The molecule has 0 aliphatic heterocycles. The number of hydrogen-bond acceptors (Lipinski definition) is 3. The van der Waals surface area contributed by atoms with Crippen molar-refractivity contribution in [2.45, 2.75) is 39.3 Å². The van der Waals surface area contributed by atoms with Crippen molar-refractivity contribution in [3.8, 4) is 0 Å². The number of hydrogen-bond donors (Lipinski definition) is 1. The molecule has 0 saturated heterocycles. The lowest BCUT2D eigenvalue weighted by Crippen LogP contribution is -2.21. The third-order valence-electron chi connectivity index (χ3n) is 2.85. The van der Waals surface area contributed by atoms with Gasteiger partial charge in [0.1, 0.15) is 0 Å². The SMILES string of the molecule is CCC(C)n1ccc(CN(C)CCC(=O)O)n1. The molecule has 0 saturated carbocycles. The first kappa shape index (κ1) is 13.7. The summed E-state index contributed by atoms with van der Waals surface area (Å²) >= 11 is 0. The lowest BCUT2D eigenvalue weighted by molar-refractivity contribution is -0.137. The molecule has 0 bridgehead atoms. The van der Waals surface area contributed by atoms with Gasteiger partial charge in [0.25, 0.3) is 0 Å². The van der Waals surface area contributed by atoms with Gasteiger partial charge in [-0.05, 0) is 26.5 Å². The van der Waals surface area contributed by atoms with Crippen molar-refractivity contribution in [1.82, 2.24) is 14.7 Å². The predicted octanol–water partition coefficient (Wildman–Crippen LogP) is 1.76. The van der Waals surface area contributed by atoms with E-state index >= 15 is 0 Å². The van der Waals surface area contributed by atoms with Crippen LogP contribution in [-0.4, -0.2) is 39.3 Å². The van der Waals surface area contributed by atoms with Crippen LogP contribution in [0.2, 0.25) is 0 Å². The van der Waals surface area contributed by atoms with Crippen LogP contribution in [0.25, 0.3) is 0 Å². The molecule has 96 valence electrons. The van der Waals surface area contributed by atoms with E-state index in [0.717, 1.165) is 12.1 Å². The average molecular weight is 239 g/mol. The Morgan fingerprint density at radius 3 is 2.94 bits per heavy atom. The van der Waals surface area contributed by atoms with E-state index in [1.807, 2.05) is 28.9 Å². The van der Waals surface area contributed by atoms with Gasteiger partial charge in [-0.15, -0.1) is 0 Å². The monoisotopic (exact) mass is 239 g/mol. The summed E-state index contributed by atoms with van der Waals surface area (Å²) in [4.78, 5) is 12.4. The molecule has 1 rings (SSSR count). The van der Waals surface area contributed by atoms with E-state index in [0.29, 0.717) is 19.1 Å². The first-order valence-corrected chi connectivity index (χ1v) is 5.97. The zero-order valence-electron chi connectivity index (χ0n) is 10.8. The lowest BCUT2D eigenvalue weighted by atomic mass is 10.3. The Labute approximate surface area is 102 Å². The van der Waals surface area contributed by atoms with Crippen molar-refractivity contribution in [1.29, 1.82) is 0 Å². The van der Waals surface area contributed by atoms with Crippen molar-refractivity contribution >= 4 is 5.97 Å². The molecule has 0 aliphatic carbocycles. The normalized spacial score (nSPS) is 12.9. The van der Waals surface area contributed by atoms with Gasteiger partial charge in [-0.25, -0.2) is 0 Å². The number of carbonyl (C=O) groups is 1. The highest BCUT2D eigenvalue weighted by Gasteiger charge is 2.07. The molecule has 0 spiro atoms. The van der Waals surface area contributed by atoms with Crippen LogP contribution in [0.5, 0.6) is 0 Å². The summed E-state index contributed by atoms with van der Waals surface area (Å²) in [6.45, 7) is 5.50. The van der Waals surface area contributed by atoms with Crippen LogP contribution >= 0.6 is 0 Å². The van der Waals surface area contributed by atoms with E-state index in [4.69, 9.17) is 5.11 Å². The molecule has 0 amide bonds. The Bertz CT molecular complexity index is 362. The molecule has 0 aromatic carbocycles. The van der Waals surface area contributed by atoms with Gasteiger partial charge < -0.3 is 5.11 Å². The molecule has 5 nitrogen and oxygen atoms in total. The van der Waals surface area contributed by atoms with Gasteiger partial charge in [0, 0.05) is 25.3 Å². The molecule has 0 fully saturated rings. The Hall–Kier alpha value is -1.36. The molecular weight excluding hydrogens is 218 g/mol. The fraction of sp³-hybridized carbons (Fsp3) is 0.667. The van der Waals surface area contributed by atoms with Crippen LogP contribution in [0.15, 0.2) is 12.3 Å². The maximum atomic E-state index is 10.4. The van der Waals surface area contributed by atoms with Crippen molar-refractivity contribution in [3.05, 3.63) is 18.0 Å². The third kappa shape index (κ3) is 4.56. The highest BCUT2D eigenvalue weighted by Crippen LogP contribution is 2.10. The quantitative estimate of drug-likeness (QED) is 0.787. The number of rotatable bonds is 7.